The summed E-state index contributed by atoms with van der Waals surface area (Å²) in [5.74, 6) is -0.559. The minimum Gasteiger partial charge on any atom is -0.465 e. The van der Waals surface area contributed by atoms with Crippen LogP contribution in [0.5, 0.6) is 0 Å². The molecule has 1 saturated heterocycles. The summed E-state index contributed by atoms with van der Waals surface area (Å²) >= 11 is 3.57. The smallest absolute Gasteiger partial charge is 0.359 e. The molecule has 27 heavy (non-hydrogen) atoms. The van der Waals surface area contributed by atoms with Gasteiger partial charge in [0.15, 0.2) is 0 Å². The average molecular weight is 433 g/mol. The van der Waals surface area contributed by atoms with Crippen LogP contribution in [0.3, 0.4) is 0 Å². The maximum Gasteiger partial charge on any atom is 0.359 e. The second-order valence-corrected chi connectivity index (χ2v) is 9.27. The van der Waals surface area contributed by atoms with E-state index in [-0.39, 0.29) is 11.5 Å². The highest BCUT2D eigenvalue weighted by atomic mass is 79.9. The van der Waals surface area contributed by atoms with Crippen molar-refractivity contribution in [1.82, 2.24) is 9.47 Å². The van der Waals surface area contributed by atoms with Crippen molar-refractivity contribution in [3.05, 3.63) is 33.9 Å². The number of hydrogen-bond donors (Lipinski definition) is 1. The fourth-order valence-corrected chi connectivity index (χ4v) is 6.47. The third-order valence-electron chi connectivity index (χ3n) is 7.23. The first-order valence-corrected chi connectivity index (χ1v) is 10.6. The van der Waals surface area contributed by atoms with E-state index in [0.29, 0.717) is 6.42 Å². The summed E-state index contributed by atoms with van der Waals surface area (Å²) < 4.78 is 7.97. The Labute approximate surface area is 167 Å². The van der Waals surface area contributed by atoms with Crippen molar-refractivity contribution >= 4 is 32.8 Å². The van der Waals surface area contributed by atoms with Crippen LogP contribution >= 0.6 is 15.9 Å². The van der Waals surface area contributed by atoms with E-state index in [0.717, 1.165) is 59.8 Å². The fourth-order valence-electron chi connectivity index (χ4n) is 6.12. The average Bonchev–Trinajstić information content (AvgIpc) is 3.01. The number of halogens is 1. The van der Waals surface area contributed by atoms with E-state index in [1.807, 2.05) is 16.7 Å². The van der Waals surface area contributed by atoms with Gasteiger partial charge in [-0.1, -0.05) is 28.9 Å². The van der Waals surface area contributed by atoms with Gasteiger partial charge in [-0.15, -0.1) is 0 Å². The Balaban J connectivity index is 1.90. The summed E-state index contributed by atoms with van der Waals surface area (Å²) in [6, 6.07) is 6.44. The van der Waals surface area contributed by atoms with Crippen LogP contribution in [0, 0.1) is 5.41 Å². The molecule has 5 rings (SSSR count). The zero-order valence-electron chi connectivity index (χ0n) is 15.8. The molecule has 2 aromatic rings. The highest BCUT2D eigenvalue weighted by Gasteiger charge is 2.60. The third kappa shape index (κ3) is 2.15. The van der Waals surface area contributed by atoms with Crippen molar-refractivity contribution in [2.45, 2.75) is 50.8 Å². The lowest BCUT2D eigenvalue weighted by Gasteiger charge is -2.57. The lowest BCUT2D eigenvalue weighted by molar-refractivity contribution is -0.194. The molecule has 5 nitrogen and oxygen atoms in total. The van der Waals surface area contributed by atoms with Gasteiger partial charge in [-0.3, -0.25) is 4.90 Å². The number of fused-ring (bicyclic) bond motifs is 3. The molecule has 1 unspecified atom stereocenters. The number of ether oxygens (including phenoxy) is 1. The van der Waals surface area contributed by atoms with Gasteiger partial charge in [0.05, 0.1) is 18.7 Å². The predicted molar refractivity (Wildman–Crippen MR) is 106 cm³/mol. The number of hydrogen-bond acceptors (Lipinski definition) is 4. The summed E-state index contributed by atoms with van der Waals surface area (Å²) in [5, 5.41) is 12.9. The maximum atomic E-state index is 12.9. The summed E-state index contributed by atoms with van der Waals surface area (Å²) in [5.41, 5.74) is 1.58. The molecule has 3 atom stereocenters. The van der Waals surface area contributed by atoms with Crippen molar-refractivity contribution < 1.29 is 14.6 Å². The molecule has 3 aliphatic rings. The Hall–Kier alpha value is -1.37. The van der Waals surface area contributed by atoms with Gasteiger partial charge in [-0.2, -0.15) is 0 Å². The molecule has 1 fully saturated rings. The Bertz CT molecular complexity index is 955. The summed E-state index contributed by atoms with van der Waals surface area (Å²) in [6.07, 6.45) is 4.45. The van der Waals surface area contributed by atoms with Crippen LogP contribution < -0.4 is 0 Å². The Morgan fingerprint density at radius 2 is 2.22 bits per heavy atom. The SMILES string of the molecule is CC[C@]12CCCN3CCc4c(n(c5cc(Br)ccc45)[C@@](O)(C(=O)OC)C1)C32. The minimum absolute atomic E-state index is 0.0992. The molecule has 0 aliphatic carbocycles. The highest BCUT2D eigenvalue weighted by Crippen LogP contribution is 2.60. The van der Waals surface area contributed by atoms with Crippen molar-refractivity contribution in [1.29, 1.82) is 0 Å². The predicted octanol–water partition coefficient (Wildman–Crippen LogP) is 3.72. The van der Waals surface area contributed by atoms with E-state index in [1.165, 1.54) is 12.7 Å². The molecule has 144 valence electrons. The highest BCUT2D eigenvalue weighted by molar-refractivity contribution is 9.10. The summed E-state index contributed by atoms with van der Waals surface area (Å²) in [6.45, 7) is 4.34. The molecule has 1 aromatic carbocycles. The first-order valence-electron chi connectivity index (χ1n) is 9.83. The normalized spacial score (nSPS) is 32.4. The Kier molecular flexibility index (Phi) is 3.81. The Morgan fingerprint density at radius 1 is 1.41 bits per heavy atom. The monoisotopic (exact) mass is 432 g/mol. The van der Waals surface area contributed by atoms with Crippen molar-refractivity contribution in [3.63, 3.8) is 0 Å². The second kappa shape index (κ2) is 5.82. The molecule has 0 saturated carbocycles. The third-order valence-corrected chi connectivity index (χ3v) is 7.73. The largest absolute Gasteiger partial charge is 0.465 e. The van der Waals surface area contributed by atoms with Gasteiger partial charge < -0.3 is 14.4 Å². The van der Waals surface area contributed by atoms with Crippen LogP contribution in [0.15, 0.2) is 22.7 Å². The number of methoxy groups -OCH3 is 1. The number of benzene rings is 1. The van der Waals surface area contributed by atoms with Gasteiger partial charge >= 0.3 is 5.97 Å². The molecule has 6 heteroatoms. The van der Waals surface area contributed by atoms with Gasteiger partial charge in [-0.25, -0.2) is 4.79 Å². The molecular weight excluding hydrogens is 408 g/mol. The first kappa shape index (κ1) is 17.7. The lowest BCUT2D eigenvalue weighted by atomic mass is 9.62. The van der Waals surface area contributed by atoms with Crippen LogP contribution in [-0.4, -0.2) is 40.7 Å². The molecule has 0 spiro atoms. The van der Waals surface area contributed by atoms with E-state index >= 15 is 0 Å². The van der Waals surface area contributed by atoms with Crippen molar-refractivity contribution in [3.8, 4) is 0 Å². The minimum atomic E-state index is -1.66. The van der Waals surface area contributed by atoms with E-state index < -0.39 is 11.7 Å². The number of carbonyl (C=O) groups is 1. The molecule has 4 heterocycles. The van der Waals surface area contributed by atoms with Gasteiger partial charge in [0, 0.05) is 28.5 Å². The van der Waals surface area contributed by atoms with Crippen LogP contribution in [0.25, 0.3) is 10.9 Å². The van der Waals surface area contributed by atoms with E-state index in [2.05, 4.69) is 33.8 Å². The number of rotatable bonds is 2. The van der Waals surface area contributed by atoms with Crippen molar-refractivity contribution in [2.24, 2.45) is 5.41 Å². The fraction of sp³-hybridized carbons (Fsp3) is 0.571. The number of aliphatic hydroxyl groups is 1. The number of esters is 1. The molecule has 3 aliphatic heterocycles. The summed E-state index contributed by atoms with van der Waals surface area (Å²) in [7, 11) is 1.37. The molecule has 0 radical (unpaired) electrons. The van der Waals surface area contributed by atoms with E-state index in [1.54, 1.807) is 0 Å². The van der Waals surface area contributed by atoms with Crippen molar-refractivity contribution in [2.75, 3.05) is 20.2 Å². The van der Waals surface area contributed by atoms with Gasteiger partial charge in [0.25, 0.3) is 0 Å². The summed E-state index contributed by atoms with van der Waals surface area (Å²) in [4.78, 5) is 15.5. The van der Waals surface area contributed by atoms with Gasteiger partial charge in [-0.05, 0) is 55.3 Å². The molecular formula is C21H25BrN2O3. The zero-order chi connectivity index (χ0) is 19.0. The van der Waals surface area contributed by atoms with Crippen LogP contribution in [0.4, 0.5) is 0 Å². The standard InChI is InChI=1S/C21H25BrN2O3/c1-3-20-8-4-9-23-10-7-15-14-6-5-13(22)11-16(14)24(17(15)18(20)23)21(26,12-20)19(25)27-2/h5-6,11,18,26H,3-4,7-10,12H2,1-2H3/t18?,20-,21-/m0/s1. The van der Waals surface area contributed by atoms with Crippen LogP contribution in [0.1, 0.15) is 49.9 Å². The lowest BCUT2D eigenvalue weighted by Crippen LogP contribution is -2.60. The van der Waals surface area contributed by atoms with Gasteiger partial charge in [0.1, 0.15) is 0 Å². The maximum absolute atomic E-state index is 12.9. The molecule has 0 amide bonds. The van der Waals surface area contributed by atoms with Crippen LogP contribution in [0.2, 0.25) is 0 Å². The zero-order valence-corrected chi connectivity index (χ0v) is 17.4. The topological polar surface area (TPSA) is 54.7 Å². The van der Waals surface area contributed by atoms with Gasteiger partial charge in [0.2, 0.25) is 5.72 Å². The van der Waals surface area contributed by atoms with E-state index in [4.69, 9.17) is 4.74 Å². The number of carbonyl (C=O) groups excluding carboxylic acids is 1. The number of nitrogens with zero attached hydrogens (tertiary/aromatic N) is 2. The number of piperidine rings is 1. The molecule has 0 bridgehead atoms. The molecule has 1 N–H and O–H groups in total. The second-order valence-electron chi connectivity index (χ2n) is 8.35. The Morgan fingerprint density at radius 3 is 2.96 bits per heavy atom. The molecule has 1 aromatic heterocycles. The quantitative estimate of drug-likeness (QED) is 0.734. The van der Waals surface area contributed by atoms with E-state index in [9.17, 15) is 9.90 Å². The number of aromatic nitrogens is 1. The first-order chi connectivity index (χ1) is 12.9. The van der Waals surface area contributed by atoms with Crippen LogP contribution in [-0.2, 0) is 21.7 Å².